The number of rotatable bonds is 5. The fraction of sp³-hybridized carbons (Fsp3) is 0.917. The van der Waals surface area contributed by atoms with E-state index in [0.717, 1.165) is 39.0 Å². The largest absolute Gasteiger partial charge is 0.383 e. The van der Waals surface area contributed by atoms with E-state index in [9.17, 15) is 4.79 Å². The summed E-state index contributed by atoms with van der Waals surface area (Å²) in [4.78, 5) is 16.0. The molecule has 0 aromatic heterocycles. The molecule has 1 fully saturated rings. The van der Waals surface area contributed by atoms with Crippen molar-refractivity contribution in [2.24, 2.45) is 0 Å². The van der Waals surface area contributed by atoms with Crippen molar-refractivity contribution < 1.29 is 9.53 Å². The summed E-state index contributed by atoms with van der Waals surface area (Å²) < 4.78 is 5.05. The molecule has 1 heterocycles. The highest BCUT2D eigenvalue weighted by Crippen LogP contribution is 2.16. The van der Waals surface area contributed by atoms with Gasteiger partial charge in [0.2, 0.25) is 5.91 Å². The Hall–Kier alpha value is -0.610. The van der Waals surface area contributed by atoms with Gasteiger partial charge in [0.25, 0.3) is 0 Å². The highest BCUT2D eigenvalue weighted by atomic mass is 16.5. The van der Waals surface area contributed by atoms with E-state index in [-0.39, 0.29) is 5.91 Å². The molecule has 4 heteroatoms. The van der Waals surface area contributed by atoms with E-state index in [4.69, 9.17) is 4.74 Å². The number of carbonyl (C=O) groups is 1. The van der Waals surface area contributed by atoms with Crippen molar-refractivity contribution >= 4 is 5.91 Å². The summed E-state index contributed by atoms with van der Waals surface area (Å²) in [7, 11) is 1.68. The quantitative estimate of drug-likeness (QED) is 0.703. The van der Waals surface area contributed by atoms with Crippen LogP contribution in [0.25, 0.3) is 0 Å². The molecule has 0 saturated carbocycles. The first kappa shape index (κ1) is 13.5. The molecule has 0 aliphatic carbocycles. The van der Waals surface area contributed by atoms with E-state index in [1.54, 1.807) is 14.0 Å². The standard InChI is InChI=1S/C12H24N2O2/c1-4-13-7-5-12(6-8-13)14(11(2)15)9-10-16-3/h12H,4-10H2,1-3H3. The molecule has 0 unspecified atom stereocenters. The summed E-state index contributed by atoms with van der Waals surface area (Å²) in [6.45, 7) is 8.53. The van der Waals surface area contributed by atoms with Crippen LogP contribution in [-0.2, 0) is 9.53 Å². The second-order valence-electron chi connectivity index (χ2n) is 4.37. The Morgan fingerprint density at radius 3 is 2.50 bits per heavy atom. The number of hydrogen-bond donors (Lipinski definition) is 0. The molecule has 1 aliphatic heterocycles. The van der Waals surface area contributed by atoms with Crippen LogP contribution >= 0.6 is 0 Å². The Morgan fingerprint density at radius 2 is 2.06 bits per heavy atom. The molecule has 1 amide bonds. The van der Waals surface area contributed by atoms with Gasteiger partial charge in [0.15, 0.2) is 0 Å². The lowest BCUT2D eigenvalue weighted by molar-refractivity contribution is -0.132. The van der Waals surface area contributed by atoms with Gasteiger partial charge in [0.05, 0.1) is 6.61 Å². The Bertz CT molecular complexity index is 213. The number of ether oxygens (including phenoxy) is 1. The van der Waals surface area contributed by atoms with E-state index in [2.05, 4.69) is 11.8 Å². The lowest BCUT2D eigenvalue weighted by atomic mass is 10.0. The van der Waals surface area contributed by atoms with E-state index in [0.29, 0.717) is 12.6 Å². The topological polar surface area (TPSA) is 32.8 Å². The SMILES string of the molecule is CCN1CCC(N(CCOC)C(C)=O)CC1. The van der Waals surface area contributed by atoms with Crippen molar-refractivity contribution in [3.8, 4) is 0 Å². The molecule has 0 bridgehead atoms. The van der Waals surface area contributed by atoms with Crippen LogP contribution in [0.5, 0.6) is 0 Å². The zero-order valence-corrected chi connectivity index (χ0v) is 10.7. The Balaban J connectivity index is 2.43. The van der Waals surface area contributed by atoms with Gasteiger partial charge in [0, 0.05) is 39.7 Å². The number of nitrogens with zero attached hydrogens (tertiary/aromatic N) is 2. The molecular weight excluding hydrogens is 204 g/mol. The first-order valence-corrected chi connectivity index (χ1v) is 6.17. The van der Waals surface area contributed by atoms with Gasteiger partial charge in [-0.2, -0.15) is 0 Å². The van der Waals surface area contributed by atoms with Crippen molar-refractivity contribution in [3.05, 3.63) is 0 Å². The minimum absolute atomic E-state index is 0.173. The Morgan fingerprint density at radius 1 is 1.44 bits per heavy atom. The van der Waals surface area contributed by atoms with Crippen molar-refractivity contribution in [1.82, 2.24) is 9.80 Å². The Labute approximate surface area is 98.5 Å². The summed E-state index contributed by atoms with van der Waals surface area (Å²) in [6.07, 6.45) is 2.19. The molecule has 1 saturated heterocycles. The van der Waals surface area contributed by atoms with Crippen LogP contribution in [0, 0.1) is 0 Å². The van der Waals surface area contributed by atoms with Gasteiger partial charge in [-0.15, -0.1) is 0 Å². The Kier molecular flexibility index (Phi) is 5.77. The number of hydrogen-bond acceptors (Lipinski definition) is 3. The molecule has 0 spiro atoms. The smallest absolute Gasteiger partial charge is 0.219 e. The lowest BCUT2D eigenvalue weighted by Gasteiger charge is -2.37. The lowest BCUT2D eigenvalue weighted by Crippen LogP contribution is -2.47. The molecule has 0 atom stereocenters. The van der Waals surface area contributed by atoms with E-state index < -0.39 is 0 Å². The normalized spacial score (nSPS) is 18.7. The number of methoxy groups -OCH3 is 1. The van der Waals surface area contributed by atoms with Crippen molar-refractivity contribution in [3.63, 3.8) is 0 Å². The minimum Gasteiger partial charge on any atom is -0.383 e. The average Bonchev–Trinajstić information content (AvgIpc) is 2.30. The molecule has 0 aromatic carbocycles. The second-order valence-corrected chi connectivity index (χ2v) is 4.37. The third-order valence-electron chi connectivity index (χ3n) is 3.39. The maximum Gasteiger partial charge on any atom is 0.219 e. The van der Waals surface area contributed by atoms with Crippen LogP contribution in [0.1, 0.15) is 26.7 Å². The van der Waals surface area contributed by atoms with Gasteiger partial charge in [-0.3, -0.25) is 4.79 Å². The third-order valence-corrected chi connectivity index (χ3v) is 3.39. The summed E-state index contributed by atoms with van der Waals surface area (Å²) >= 11 is 0. The zero-order valence-electron chi connectivity index (χ0n) is 10.7. The van der Waals surface area contributed by atoms with Crippen molar-refractivity contribution in [2.45, 2.75) is 32.7 Å². The predicted octanol–water partition coefficient (Wildman–Crippen LogP) is 0.966. The van der Waals surface area contributed by atoms with Crippen LogP contribution < -0.4 is 0 Å². The maximum atomic E-state index is 11.6. The molecular formula is C12H24N2O2. The van der Waals surface area contributed by atoms with Crippen LogP contribution in [0.4, 0.5) is 0 Å². The summed E-state index contributed by atoms with van der Waals surface area (Å²) in [5.41, 5.74) is 0. The molecule has 16 heavy (non-hydrogen) atoms. The molecule has 94 valence electrons. The molecule has 0 N–H and O–H groups in total. The van der Waals surface area contributed by atoms with E-state index in [1.165, 1.54) is 0 Å². The zero-order chi connectivity index (χ0) is 12.0. The van der Waals surface area contributed by atoms with E-state index >= 15 is 0 Å². The first-order chi connectivity index (χ1) is 7.69. The van der Waals surface area contributed by atoms with Gasteiger partial charge in [-0.05, 0) is 19.4 Å². The van der Waals surface area contributed by atoms with Crippen molar-refractivity contribution in [2.75, 3.05) is 39.9 Å². The van der Waals surface area contributed by atoms with Crippen molar-refractivity contribution in [1.29, 1.82) is 0 Å². The second kappa shape index (κ2) is 6.86. The van der Waals surface area contributed by atoms with Crippen LogP contribution in [0.15, 0.2) is 0 Å². The minimum atomic E-state index is 0.173. The van der Waals surface area contributed by atoms with Gasteiger partial charge in [-0.1, -0.05) is 6.92 Å². The fourth-order valence-corrected chi connectivity index (χ4v) is 2.33. The maximum absolute atomic E-state index is 11.6. The number of carbonyl (C=O) groups excluding carboxylic acids is 1. The molecule has 0 radical (unpaired) electrons. The number of amides is 1. The average molecular weight is 228 g/mol. The van der Waals surface area contributed by atoms with E-state index in [1.807, 2.05) is 4.90 Å². The number of piperidine rings is 1. The summed E-state index contributed by atoms with van der Waals surface area (Å²) in [5.74, 6) is 0.173. The first-order valence-electron chi connectivity index (χ1n) is 6.17. The molecule has 0 aromatic rings. The van der Waals surface area contributed by atoms with Crippen LogP contribution in [-0.4, -0.2) is 61.6 Å². The van der Waals surface area contributed by atoms with Gasteiger partial charge < -0.3 is 14.5 Å². The van der Waals surface area contributed by atoms with Gasteiger partial charge >= 0.3 is 0 Å². The fourth-order valence-electron chi connectivity index (χ4n) is 2.33. The molecule has 1 aliphatic rings. The highest BCUT2D eigenvalue weighted by Gasteiger charge is 2.25. The van der Waals surface area contributed by atoms with Crippen LogP contribution in [0.2, 0.25) is 0 Å². The number of likely N-dealkylation sites (tertiary alicyclic amines) is 1. The van der Waals surface area contributed by atoms with Crippen LogP contribution in [0.3, 0.4) is 0 Å². The van der Waals surface area contributed by atoms with Gasteiger partial charge in [-0.25, -0.2) is 0 Å². The van der Waals surface area contributed by atoms with Gasteiger partial charge in [0.1, 0.15) is 0 Å². The third kappa shape index (κ3) is 3.76. The molecule has 1 rings (SSSR count). The summed E-state index contributed by atoms with van der Waals surface area (Å²) in [5, 5.41) is 0. The highest BCUT2D eigenvalue weighted by molar-refractivity contribution is 5.73. The predicted molar refractivity (Wildman–Crippen MR) is 64.4 cm³/mol. The monoisotopic (exact) mass is 228 g/mol. The molecule has 4 nitrogen and oxygen atoms in total. The summed E-state index contributed by atoms with van der Waals surface area (Å²) in [6, 6.07) is 0.412.